The second-order valence-electron chi connectivity index (χ2n) is 7.31. The predicted molar refractivity (Wildman–Crippen MR) is 105 cm³/mol. The Morgan fingerprint density at radius 2 is 2.07 bits per heavy atom. The lowest BCUT2D eigenvalue weighted by Gasteiger charge is -2.15. The van der Waals surface area contributed by atoms with Gasteiger partial charge in [0.2, 0.25) is 5.95 Å². The molecular formula is C20H20FN7O. The van der Waals surface area contributed by atoms with Crippen molar-refractivity contribution in [3.8, 4) is 5.82 Å². The maximum absolute atomic E-state index is 13.2. The van der Waals surface area contributed by atoms with Crippen molar-refractivity contribution < 1.29 is 9.50 Å². The fraction of sp³-hybridized carbons (Fsp3) is 0.300. The number of hydrogen-bond donors (Lipinski definition) is 3. The number of anilines is 1. The topological polar surface area (TPSA) is 105 Å². The highest BCUT2D eigenvalue weighted by atomic mass is 19.1. The molecule has 1 aliphatic rings. The first-order valence-corrected chi connectivity index (χ1v) is 9.55. The Balaban J connectivity index is 1.51. The Morgan fingerprint density at radius 1 is 1.28 bits per heavy atom. The molecular weight excluding hydrogens is 373 g/mol. The van der Waals surface area contributed by atoms with Crippen molar-refractivity contribution in [2.45, 2.75) is 38.3 Å². The van der Waals surface area contributed by atoms with Gasteiger partial charge in [0.1, 0.15) is 17.7 Å². The molecule has 0 bridgehead atoms. The zero-order valence-corrected chi connectivity index (χ0v) is 15.8. The number of nitrogens with one attached hydrogen (secondary N) is 2. The van der Waals surface area contributed by atoms with Crippen LogP contribution in [0.4, 0.5) is 10.3 Å². The van der Waals surface area contributed by atoms with Crippen molar-refractivity contribution in [3.05, 3.63) is 59.4 Å². The van der Waals surface area contributed by atoms with Crippen LogP contribution < -0.4 is 5.32 Å². The van der Waals surface area contributed by atoms with E-state index in [9.17, 15) is 9.50 Å². The van der Waals surface area contributed by atoms with Crippen molar-refractivity contribution >= 4 is 17.1 Å². The van der Waals surface area contributed by atoms with E-state index < -0.39 is 0 Å². The molecule has 148 valence electrons. The molecule has 0 unspecified atom stereocenters. The minimum Gasteiger partial charge on any atom is -0.390 e. The predicted octanol–water partition coefficient (Wildman–Crippen LogP) is 3.22. The average Bonchev–Trinajstić information content (AvgIpc) is 3.30. The van der Waals surface area contributed by atoms with Crippen LogP contribution in [0.15, 0.2) is 36.7 Å². The highest BCUT2D eigenvalue weighted by Crippen LogP contribution is 2.39. The molecule has 4 aromatic rings. The van der Waals surface area contributed by atoms with Gasteiger partial charge >= 0.3 is 0 Å². The lowest BCUT2D eigenvalue weighted by molar-refractivity contribution is 0.278. The van der Waals surface area contributed by atoms with Crippen LogP contribution in [0.5, 0.6) is 0 Å². The summed E-state index contributed by atoms with van der Waals surface area (Å²) in [7, 11) is 0. The van der Waals surface area contributed by atoms with Crippen LogP contribution in [0.3, 0.4) is 0 Å². The van der Waals surface area contributed by atoms with E-state index in [2.05, 4.69) is 30.5 Å². The van der Waals surface area contributed by atoms with Crippen LogP contribution >= 0.6 is 0 Å². The number of imidazole rings is 1. The summed E-state index contributed by atoms with van der Waals surface area (Å²) in [4.78, 5) is 13.4. The molecule has 0 amide bonds. The first-order chi connectivity index (χ1) is 14.1. The molecule has 3 N–H and O–H groups in total. The van der Waals surface area contributed by atoms with Crippen LogP contribution in [0.1, 0.15) is 48.7 Å². The minimum absolute atomic E-state index is 0.150. The second kappa shape index (κ2) is 6.93. The van der Waals surface area contributed by atoms with Crippen molar-refractivity contribution in [2.75, 3.05) is 5.32 Å². The maximum Gasteiger partial charge on any atom is 0.225 e. The van der Waals surface area contributed by atoms with Crippen LogP contribution in [-0.2, 0) is 6.61 Å². The molecule has 1 aromatic carbocycles. The van der Waals surface area contributed by atoms with Crippen molar-refractivity contribution in [1.29, 1.82) is 0 Å². The summed E-state index contributed by atoms with van der Waals surface area (Å²) >= 11 is 0. The monoisotopic (exact) mass is 393 g/mol. The molecule has 5 rings (SSSR count). The number of rotatable bonds is 6. The van der Waals surface area contributed by atoms with E-state index in [1.165, 1.54) is 25.0 Å². The fourth-order valence-electron chi connectivity index (χ4n) is 3.38. The molecule has 1 atom stereocenters. The van der Waals surface area contributed by atoms with Crippen LogP contribution in [0.2, 0.25) is 0 Å². The number of aliphatic hydroxyl groups is 1. The highest BCUT2D eigenvalue weighted by Gasteiger charge is 2.26. The smallest absolute Gasteiger partial charge is 0.225 e. The third-order valence-corrected chi connectivity index (χ3v) is 5.18. The van der Waals surface area contributed by atoms with Gasteiger partial charge in [0.05, 0.1) is 18.3 Å². The zero-order valence-electron chi connectivity index (χ0n) is 15.8. The van der Waals surface area contributed by atoms with Gasteiger partial charge in [-0.05, 0) is 37.5 Å². The number of fused-ring (bicyclic) bond motifs is 1. The van der Waals surface area contributed by atoms with Crippen LogP contribution in [-0.4, -0.2) is 34.8 Å². The molecule has 9 heteroatoms. The molecule has 0 spiro atoms. The molecule has 0 aliphatic heterocycles. The third-order valence-electron chi connectivity index (χ3n) is 5.18. The first-order valence-electron chi connectivity index (χ1n) is 9.55. The van der Waals surface area contributed by atoms with Crippen LogP contribution in [0, 0.1) is 5.82 Å². The molecule has 1 saturated carbocycles. The molecule has 3 heterocycles. The molecule has 3 aromatic heterocycles. The normalized spacial score (nSPS) is 15.0. The summed E-state index contributed by atoms with van der Waals surface area (Å²) in [6.07, 6.45) is 4.00. The molecule has 0 saturated heterocycles. The molecule has 29 heavy (non-hydrogen) atoms. The Labute approximate surface area is 165 Å². The average molecular weight is 393 g/mol. The number of H-pyrrole nitrogens is 1. The number of halogens is 1. The maximum atomic E-state index is 13.2. The largest absolute Gasteiger partial charge is 0.390 e. The number of aliphatic hydroxyl groups excluding tert-OH is 1. The quantitative estimate of drug-likeness (QED) is 0.465. The number of aromatic amines is 1. The summed E-state index contributed by atoms with van der Waals surface area (Å²) in [5.41, 5.74) is 3.53. The minimum atomic E-state index is -0.283. The fourth-order valence-corrected chi connectivity index (χ4v) is 3.38. The van der Waals surface area contributed by atoms with Gasteiger partial charge in [-0.3, -0.25) is 9.67 Å². The SMILES string of the molecule is C[C@H](Nc1nc(CO)c2ncn(-c3cc(C4CC4)[nH]n3)c2n1)c1ccc(F)cc1. The lowest BCUT2D eigenvalue weighted by atomic mass is 10.1. The van der Waals surface area contributed by atoms with Crippen molar-refractivity contribution in [2.24, 2.45) is 0 Å². The van der Waals surface area contributed by atoms with E-state index in [0.717, 1.165) is 11.3 Å². The molecule has 1 fully saturated rings. The van der Waals surface area contributed by atoms with E-state index >= 15 is 0 Å². The Bertz CT molecular complexity index is 1160. The Kier molecular flexibility index (Phi) is 4.24. The van der Waals surface area contributed by atoms with Gasteiger partial charge in [0.15, 0.2) is 11.5 Å². The summed E-state index contributed by atoms with van der Waals surface area (Å²) in [5, 5.41) is 20.5. The van der Waals surface area contributed by atoms with Gasteiger partial charge in [0.25, 0.3) is 0 Å². The van der Waals surface area contributed by atoms with Crippen molar-refractivity contribution in [3.63, 3.8) is 0 Å². The summed E-state index contributed by atoms with van der Waals surface area (Å²) in [6, 6.07) is 8.12. The van der Waals surface area contributed by atoms with Gasteiger partial charge in [0, 0.05) is 17.7 Å². The van der Waals surface area contributed by atoms with E-state index in [-0.39, 0.29) is 18.5 Å². The van der Waals surface area contributed by atoms with E-state index in [1.807, 2.05) is 13.0 Å². The first kappa shape index (κ1) is 17.7. The highest BCUT2D eigenvalue weighted by molar-refractivity contribution is 5.76. The van der Waals surface area contributed by atoms with E-state index in [0.29, 0.717) is 34.5 Å². The van der Waals surface area contributed by atoms with Gasteiger partial charge in [-0.2, -0.15) is 10.1 Å². The lowest BCUT2D eigenvalue weighted by Crippen LogP contribution is -2.11. The number of benzene rings is 1. The standard InChI is InChI=1S/C20H20FN7O/c1-11(12-4-6-14(21)7-5-12)23-20-24-16(9-29)18-19(25-20)28(10-22-18)17-8-15(26-27-17)13-2-3-13/h4-8,10-11,13,29H,2-3,9H2,1H3,(H,26,27)(H,23,24,25)/t11-/m0/s1. The Hall–Kier alpha value is -3.33. The molecule has 0 radical (unpaired) electrons. The van der Waals surface area contributed by atoms with Gasteiger partial charge in [-0.25, -0.2) is 14.4 Å². The van der Waals surface area contributed by atoms with Crippen LogP contribution in [0.25, 0.3) is 17.0 Å². The van der Waals surface area contributed by atoms with Gasteiger partial charge in [-0.1, -0.05) is 12.1 Å². The zero-order chi connectivity index (χ0) is 20.0. The summed E-state index contributed by atoms with van der Waals surface area (Å²) in [6.45, 7) is 1.68. The summed E-state index contributed by atoms with van der Waals surface area (Å²) < 4.78 is 15.0. The number of hydrogen-bond acceptors (Lipinski definition) is 6. The second-order valence-corrected chi connectivity index (χ2v) is 7.31. The molecule has 1 aliphatic carbocycles. The van der Waals surface area contributed by atoms with E-state index in [4.69, 9.17) is 0 Å². The third kappa shape index (κ3) is 3.33. The van der Waals surface area contributed by atoms with E-state index in [1.54, 1.807) is 23.0 Å². The molecule has 8 nitrogen and oxygen atoms in total. The van der Waals surface area contributed by atoms with Gasteiger partial charge < -0.3 is 10.4 Å². The summed E-state index contributed by atoms with van der Waals surface area (Å²) in [5.74, 6) is 1.34. The number of nitrogens with zero attached hydrogens (tertiary/aromatic N) is 5. The van der Waals surface area contributed by atoms with Gasteiger partial charge in [-0.15, -0.1) is 0 Å². The van der Waals surface area contributed by atoms with Crippen molar-refractivity contribution in [1.82, 2.24) is 29.7 Å². The number of aromatic nitrogens is 6. The Morgan fingerprint density at radius 3 is 2.79 bits per heavy atom.